The number of nitrogens with zero attached hydrogens (tertiary/aromatic N) is 2. The van der Waals surface area contributed by atoms with Gasteiger partial charge in [-0.25, -0.2) is 14.2 Å². The summed E-state index contributed by atoms with van der Waals surface area (Å²) >= 11 is 0. The third-order valence-corrected chi connectivity index (χ3v) is 2.49. The molecule has 1 aliphatic rings. The maximum absolute atomic E-state index is 13.6. The van der Waals surface area contributed by atoms with Crippen molar-refractivity contribution in [1.29, 1.82) is 0 Å². The van der Waals surface area contributed by atoms with Gasteiger partial charge in [-0.15, -0.1) is 0 Å². The first-order valence-corrected chi connectivity index (χ1v) is 4.76. The van der Waals surface area contributed by atoms with E-state index in [1.807, 2.05) is 0 Å². The van der Waals surface area contributed by atoms with Crippen molar-refractivity contribution < 1.29 is 19.3 Å². The van der Waals surface area contributed by atoms with Gasteiger partial charge in [0.1, 0.15) is 12.2 Å². The molecule has 0 amide bonds. The van der Waals surface area contributed by atoms with Crippen LogP contribution >= 0.6 is 0 Å². The Hall–Kier alpha value is -1.31. The molecule has 0 aromatic carbocycles. The van der Waals surface area contributed by atoms with Crippen LogP contribution in [0.15, 0.2) is 23.3 Å². The Kier molecular flexibility index (Phi) is 2.99. The number of aliphatic hydroxyl groups is 2. The van der Waals surface area contributed by atoms with Gasteiger partial charge in [0.25, 0.3) is 0 Å². The quantitative estimate of drug-likeness (QED) is 0.669. The Bertz CT molecular complexity index is 424. The molecule has 2 N–H and O–H groups in total. The van der Waals surface area contributed by atoms with Gasteiger partial charge in [0.05, 0.1) is 6.61 Å². The number of alkyl halides is 1. The Balaban J connectivity index is 2.30. The molecular formula is C9H11FN2O4. The lowest BCUT2D eigenvalue weighted by Gasteiger charge is -2.14. The average molecular weight is 230 g/mol. The van der Waals surface area contributed by atoms with E-state index < -0.39 is 36.9 Å². The lowest BCUT2D eigenvalue weighted by Crippen LogP contribution is -2.33. The fraction of sp³-hybridized carbons (Fsp3) is 0.556. The molecule has 1 aromatic rings. The van der Waals surface area contributed by atoms with Crippen LogP contribution < -0.4 is 5.69 Å². The number of aliphatic hydroxyl groups excluding tert-OH is 2. The predicted molar refractivity (Wildman–Crippen MR) is 50.4 cm³/mol. The van der Waals surface area contributed by atoms with Crippen LogP contribution in [0.1, 0.15) is 6.23 Å². The Morgan fingerprint density at radius 2 is 2.38 bits per heavy atom. The second-order valence-electron chi connectivity index (χ2n) is 3.49. The minimum absolute atomic E-state index is 0.507. The number of rotatable bonds is 2. The van der Waals surface area contributed by atoms with Crippen molar-refractivity contribution in [2.45, 2.75) is 24.6 Å². The maximum Gasteiger partial charge on any atom is 0.349 e. The molecule has 16 heavy (non-hydrogen) atoms. The van der Waals surface area contributed by atoms with Gasteiger partial charge in [-0.2, -0.15) is 0 Å². The standard InChI is InChI=1S/C9H11FN2O4/c10-6-7(14)5(4-13)16-8(6)12-3-1-2-11-9(12)15/h1-3,5-8,13-14H,4H2/t5-,6+,7-,8+/m1/s1. The molecule has 0 saturated carbocycles. The molecule has 2 rings (SSSR count). The summed E-state index contributed by atoms with van der Waals surface area (Å²) in [5.41, 5.74) is -0.666. The lowest BCUT2D eigenvalue weighted by atomic mass is 10.1. The molecular weight excluding hydrogens is 219 g/mol. The van der Waals surface area contributed by atoms with Crippen molar-refractivity contribution in [2.24, 2.45) is 0 Å². The van der Waals surface area contributed by atoms with Crippen molar-refractivity contribution in [3.05, 3.63) is 28.9 Å². The largest absolute Gasteiger partial charge is 0.394 e. The molecule has 1 aromatic heterocycles. The third-order valence-electron chi connectivity index (χ3n) is 2.49. The highest BCUT2D eigenvalue weighted by Crippen LogP contribution is 2.30. The molecule has 0 aliphatic carbocycles. The van der Waals surface area contributed by atoms with Crippen LogP contribution in [0.2, 0.25) is 0 Å². The van der Waals surface area contributed by atoms with Crippen LogP contribution in [-0.4, -0.2) is 44.8 Å². The van der Waals surface area contributed by atoms with Crippen LogP contribution in [-0.2, 0) is 4.74 Å². The first-order valence-electron chi connectivity index (χ1n) is 4.76. The number of hydrogen-bond acceptors (Lipinski definition) is 5. The Morgan fingerprint density at radius 3 is 2.94 bits per heavy atom. The Labute approximate surface area is 89.9 Å². The SMILES string of the molecule is O=c1ncccn1[C@H]1O[C@H](CO)[C@@H](O)[C@@H]1F. The second-order valence-corrected chi connectivity index (χ2v) is 3.49. The third kappa shape index (κ3) is 1.73. The van der Waals surface area contributed by atoms with Gasteiger partial charge in [-0.3, -0.25) is 4.57 Å². The zero-order valence-electron chi connectivity index (χ0n) is 8.23. The summed E-state index contributed by atoms with van der Waals surface area (Å²) in [6.45, 7) is -0.507. The van der Waals surface area contributed by atoms with Gasteiger partial charge >= 0.3 is 5.69 Å². The first-order chi connectivity index (χ1) is 7.65. The normalized spacial score (nSPS) is 34.2. The zero-order valence-corrected chi connectivity index (χ0v) is 8.23. The van der Waals surface area contributed by atoms with E-state index in [9.17, 15) is 14.3 Å². The van der Waals surface area contributed by atoms with E-state index in [1.165, 1.54) is 18.5 Å². The van der Waals surface area contributed by atoms with Crippen LogP contribution in [0, 0.1) is 0 Å². The lowest BCUT2D eigenvalue weighted by molar-refractivity contribution is -0.0491. The summed E-state index contributed by atoms with van der Waals surface area (Å²) in [5, 5.41) is 18.2. The minimum Gasteiger partial charge on any atom is -0.394 e. The highest BCUT2D eigenvalue weighted by molar-refractivity contribution is 4.92. The molecule has 2 heterocycles. The molecule has 0 spiro atoms. The van der Waals surface area contributed by atoms with E-state index in [-0.39, 0.29) is 0 Å². The fourth-order valence-electron chi connectivity index (χ4n) is 1.64. The van der Waals surface area contributed by atoms with Crippen molar-refractivity contribution in [1.82, 2.24) is 9.55 Å². The van der Waals surface area contributed by atoms with Crippen molar-refractivity contribution in [3.63, 3.8) is 0 Å². The van der Waals surface area contributed by atoms with E-state index in [0.29, 0.717) is 0 Å². The monoisotopic (exact) mass is 230 g/mol. The summed E-state index contributed by atoms with van der Waals surface area (Å²) in [7, 11) is 0. The maximum atomic E-state index is 13.6. The highest BCUT2D eigenvalue weighted by Gasteiger charge is 2.45. The molecule has 0 radical (unpaired) electrons. The number of hydrogen-bond donors (Lipinski definition) is 2. The molecule has 88 valence electrons. The van der Waals surface area contributed by atoms with Crippen LogP contribution in [0.25, 0.3) is 0 Å². The fourth-order valence-corrected chi connectivity index (χ4v) is 1.64. The smallest absolute Gasteiger partial charge is 0.349 e. The summed E-state index contributed by atoms with van der Waals surface area (Å²) in [5.74, 6) is 0. The van der Waals surface area contributed by atoms with Crippen LogP contribution in [0.3, 0.4) is 0 Å². The van der Waals surface area contributed by atoms with Crippen LogP contribution in [0.5, 0.6) is 0 Å². The summed E-state index contributed by atoms with van der Waals surface area (Å²) in [6, 6.07) is 1.45. The molecule has 1 fully saturated rings. The van der Waals surface area contributed by atoms with Crippen LogP contribution in [0.4, 0.5) is 4.39 Å². The molecule has 6 nitrogen and oxygen atoms in total. The van der Waals surface area contributed by atoms with Gasteiger partial charge in [0, 0.05) is 12.4 Å². The van der Waals surface area contributed by atoms with E-state index in [0.717, 1.165) is 4.57 Å². The van der Waals surface area contributed by atoms with Gasteiger partial charge in [-0.05, 0) is 6.07 Å². The summed E-state index contributed by atoms with van der Waals surface area (Å²) < 4.78 is 19.6. The number of aromatic nitrogens is 2. The second kappa shape index (κ2) is 4.28. The molecule has 7 heteroatoms. The van der Waals surface area contributed by atoms with Crippen molar-refractivity contribution >= 4 is 0 Å². The van der Waals surface area contributed by atoms with Gasteiger partial charge in [0.2, 0.25) is 0 Å². The molecule has 1 saturated heterocycles. The number of ether oxygens (including phenoxy) is 1. The van der Waals surface area contributed by atoms with Crippen molar-refractivity contribution in [2.75, 3.05) is 6.61 Å². The van der Waals surface area contributed by atoms with Gasteiger partial charge in [0.15, 0.2) is 12.4 Å². The summed E-state index contributed by atoms with van der Waals surface area (Å²) in [4.78, 5) is 14.8. The van der Waals surface area contributed by atoms with E-state index in [2.05, 4.69) is 4.98 Å². The van der Waals surface area contributed by atoms with E-state index >= 15 is 0 Å². The van der Waals surface area contributed by atoms with Gasteiger partial charge in [-0.1, -0.05) is 0 Å². The highest BCUT2D eigenvalue weighted by atomic mass is 19.1. The summed E-state index contributed by atoms with van der Waals surface area (Å²) in [6.07, 6.45) is -2.87. The van der Waals surface area contributed by atoms with E-state index in [1.54, 1.807) is 0 Å². The predicted octanol–water partition coefficient (Wildman–Crippen LogP) is -1.17. The van der Waals surface area contributed by atoms with Crippen molar-refractivity contribution in [3.8, 4) is 0 Å². The number of halogens is 1. The topological polar surface area (TPSA) is 84.6 Å². The first kappa shape index (κ1) is 11.2. The van der Waals surface area contributed by atoms with Gasteiger partial charge < -0.3 is 14.9 Å². The Morgan fingerprint density at radius 1 is 1.62 bits per heavy atom. The minimum atomic E-state index is -1.76. The molecule has 0 unspecified atom stereocenters. The molecule has 4 atom stereocenters. The average Bonchev–Trinajstić information content (AvgIpc) is 2.57. The molecule has 0 bridgehead atoms. The van der Waals surface area contributed by atoms with E-state index in [4.69, 9.17) is 9.84 Å². The zero-order chi connectivity index (χ0) is 11.7. The molecule has 1 aliphatic heterocycles.